The van der Waals surface area contributed by atoms with E-state index in [0.29, 0.717) is 0 Å². The Balaban J connectivity index is 2.54. The fraction of sp³-hybridized carbons (Fsp3) is 0.294. The predicted molar refractivity (Wildman–Crippen MR) is 92.1 cm³/mol. The second kappa shape index (κ2) is 6.31. The molecule has 3 heteroatoms. The van der Waals surface area contributed by atoms with Crippen LogP contribution in [0.25, 0.3) is 0 Å². The summed E-state index contributed by atoms with van der Waals surface area (Å²) in [5.41, 5.74) is 6.36. The van der Waals surface area contributed by atoms with Crippen LogP contribution in [0.15, 0.2) is 34.8 Å². The molecule has 2 aromatic carbocycles. The summed E-state index contributed by atoms with van der Waals surface area (Å²) >= 11 is 7.33. The largest absolute Gasteiger partial charge is 0.496 e. The number of benzene rings is 2. The van der Waals surface area contributed by atoms with Gasteiger partial charge in [-0.25, -0.2) is 0 Å². The fourth-order valence-electron chi connectivity index (χ4n) is 2.64. The number of methoxy groups -OCH3 is 1. The molecule has 0 aliphatic heterocycles. The van der Waals surface area contributed by atoms with Gasteiger partial charge in [0.2, 0.25) is 0 Å². The Morgan fingerprint density at radius 2 is 1.60 bits per heavy atom. The second-order valence-corrected chi connectivity index (χ2v) is 6.89. The van der Waals surface area contributed by atoms with Crippen LogP contribution in [0.2, 0.25) is 0 Å². The minimum Gasteiger partial charge on any atom is -0.496 e. The van der Waals surface area contributed by atoms with E-state index >= 15 is 0 Å². The molecular weight excluding hydrogens is 380 g/mol. The lowest BCUT2D eigenvalue weighted by molar-refractivity contribution is 0.410. The van der Waals surface area contributed by atoms with Crippen molar-refractivity contribution in [1.29, 1.82) is 0 Å². The smallest absolute Gasteiger partial charge is 0.124 e. The fourth-order valence-corrected chi connectivity index (χ4v) is 4.08. The minimum atomic E-state index is 0.131. The van der Waals surface area contributed by atoms with Crippen molar-refractivity contribution >= 4 is 31.9 Å². The van der Waals surface area contributed by atoms with Gasteiger partial charge in [-0.2, -0.15) is 0 Å². The molecular formula is C17H18Br2O. The summed E-state index contributed by atoms with van der Waals surface area (Å²) in [7, 11) is 1.71. The SMILES string of the molecule is COc1cc(Br)ccc1C(Br)c1c(C)cc(C)cc1C. The zero-order valence-corrected chi connectivity index (χ0v) is 15.3. The van der Waals surface area contributed by atoms with Crippen LogP contribution in [-0.2, 0) is 0 Å². The normalized spacial score (nSPS) is 12.3. The van der Waals surface area contributed by atoms with Gasteiger partial charge in [-0.05, 0) is 49.6 Å². The summed E-state index contributed by atoms with van der Waals surface area (Å²) in [6, 6.07) is 10.6. The number of hydrogen-bond acceptors (Lipinski definition) is 1. The Morgan fingerprint density at radius 3 is 2.15 bits per heavy atom. The highest BCUT2D eigenvalue weighted by Crippen LogP contribution is 2.40. The lowest BCUT2D eigenvalue weighted by Gasteiger charge is -2.19. The first-order valence-electron chi connectivity index (χ1n) is 6.49. The zero-order valence-electron chi connectivity index (χ0n) is 12.1. The number of halogens is 2. The Morgan fingerprint density at radius 1 is 1.00 bits per heavy atom. The van der Waals surface area contributed by atoms with Crippen molar-refractivity contribution in [3.8, 4) is 5.75 Å². The van der Waals surface area contributed by atoms with E-state index in [0.717, 1.165) is 15.8 Å². The molecule has 0 aliphatic carbocycles. The van der Waals surface area contributed by atoms with Crippen LogP contribution in [0, 0.1) is 20.8 Å². The quantitative estimate of drug-likeness (QED) is 0.588. The third kappa shape index (κ3) is 3.09. The molecule has 1 unspecified atom stereocenters. The summed E-state index contributed by atoms with van der Waals surface area (Å²) in [5.74, 6) is 0.889. The van der Waals surface area contributed by atoms with Gasteiger partial charge in [0.1, 0.15) is 5.75 Å². The number of aryl methyl sites for hydroxylation is 3. The van der Waals surface area contributed by atoms with Gasteiger partial charge in [-0.15, -0.1) is 0 Å². The number of ether oxygens (including phenoxy) is 1. The average Bonchev–Trinajstić information content (AvgIpc) is 2.37. The third-order valence-corrected chi connectivity index (χ3v) is 4.90. The van der Waals surface area contributed by atoms with Crippen LogP contribution in [0.1, 0.15) is 32.6 Å². The molecule has 0 aromatic heterocycles. The first-order chi connectivity index (χ1) is 9.43. The van der Waals surface area contributed by atoms with Crippen LogP contribution >= 0.6 is 31.9 Å². The average molecular weight is 398 g/mol. The molecule has 0 aliphatic rings. The molecule has 1 nitrogen and oxygen atoms in total. The van der Waals surface area contributed by atoms with Gasteiger partial charge < -0.3 is 4.74 Å². The Kier molecular flexibility index (Phi) is 4.92. The molecule has 0 saturated carbocycles. The Bertz CT molecular complexity index is 612. The first-order valence-corrected chi connectivity index (χ1v) is 8.20. The molecule has 0 saturated heterocycles. The molecule has 0 N–H and O–H groups in total. The number of alkyl halides is 1. The predicted octanol–water partition coefficient (Wildman–Crippen LogP) is 5.87. The molecule has 1 atom stereocenters. The van der Waals surface area contributed by atoms with E-state index in [1.165, 1.54) is 22.3 Å². The molecule has 0 bridgehead atoms. The van der Waals surface area contributed by atoms with Crippen molar-refractivity contribution in [2.45, 2.75) is 25.6 Å². The van der Waals surface area contributed by atoms with E-state index in [1.807, 2.05) is 12.1 Å². The highest BCUT2D eigenvalue weighted by atomic mass is 79.9. The molecule has 0 radical (unpaired) electrons. The molecule has 106 valence electrons. The number of rotatable bonds is 3. The maximum absolute atomic E-state index is 5.51. The van der Waals surface area contributed by atoms with Gasteiger partial charge in [-0.1, -0.05) is 55.6 Å². The molecule has 2 rings (SSSR count). The van der Waals surface area contributed by atoms with Crippen molar-refractivity contribution in [3.63, 3.8) is 0 Å². The Labute approximate surface area is 137 Å². The summed E-state index contributed by atoms with van der Waals surface area (Å²) in [4.78, 5) is 0.131. The van der Waals surface area contributed by atoms with Crippen LogP contribution in [0.3, 0.4) is 0 Å². The van der Waals surface area contributed by atoms with E-state index < -0.39 is 0 Å². The van der Waals surface area contributed by atoms with Gasteiger partial charge in [-0.3, -0.25) is 0 Å². The third-order valence-electron chi connectivity index (χ3n) is 3.46. The van der Waals surface area contributed by atoms with Crippen molar-refractivity contribution in [2.24, 2.45) is 0 Å². The van der Waals surface area contributed by atoms with Gasteiger partial charge in [0, 0.05) is 10.0 Å². The van der Waals surface area contributed by atoms with Crippen LogP contribution in [0.5, 0.6) is 5.75 Å². The summed E-state index contributed by atoms with van der Waals surface area (Å²) < 4.78 is 6.54. The molecule has 0 amide bonds. The number of hydrogen-bond donors (Lipinski definition) is 0. The minimum absolute atomic E-state index is 0.131. The van der Waals surface area contributed by atoms with Gasteiger partial charge >= 0.3 is 0 Å². The Hall–Kier alpha value is -0.800. The summed E-state index contributed by atoms with van der Waals surface area (Å²) in [6.45, 7) is 6.46. The highest BCUT2D eigenvalue weighted by molar-refractivity contribution is 9.10. The highest BCUT2D eigenvalue weighted by Gasteiger charge is 2.19. The van der Waals surface area contributed by atoms with E-state index in [2.05, 4.69) is 70.8 Å². The molecule has 0 spiro atoms. The van der Waals surface area contributed by atoms with E-state index in [9.17, 15) is 0 Å². The lowest BCUT2D eigenvalue weighted by Crippen LogP contribution is -2.02. The first kappa shape index (κ1) is 15.6. The van der Waals surface area contributed by atoms with Crippen molar-refractivity contribution in [1.82, 2.24) is 0 Å². The summed E-state index contributed by atoms with van der Waals surface area (Å²) in [5, 5.41) is 0. The van der Waals surface area contributed by atoms with E-state index in [4.69, 9.17) is 4.74 Å². The lowest BCUT2D eigenvalue weighted by atomic mass is 9.94. The van der Waals surface area contributed by atoms with Gasteiger partial charge in [0.25, 0.3) is 0 Å². The van der Waals surface area contributed by atoms with Gasteiger partial charge in [0.15, 0.2) is 0 Å². The van der Waals surface area contributed by atoms with Crippen LogP contribution in [0.4, 0.5) is 0 Å². The van der Waals surface area contributed by atoms with Crippen molar-refractivity contribution in [3.05, 3.63) is 62.6 Å². The molecule has 20 heavy (non-hydrogen) atoms. The maximum atomic E-state index is 5.51. The standard InChI is InChI=1S/C17H18Br2O/c1-10-7-11(2)16(12(3)8-10)17(19)14-6-5-13(18)9-15(14)20-4/h5-9,17H,1-4H3. The van der Waals surface area contributed by atoms with Crippen LogP contribution < -0.4 is 4.74 Å². The van der Waals surface area contributed by atoms with Gasteiger partial charge in [0.05, 0.1) is 11.9 Å². The van der Waals surface area contributed by atoms with Crippen LogP contribution in [-0.4, -0.2) is 7.11 Å². The molecule has 0 heterocycles. The molecule has 0 fully saturated rings. The zero-order chi connectivity index (χ0) is 14.9. The van der Waals surface area contributed by atoms with Crippen molar-refractivity contribution < 1.29 is 4.74 Å². The molecule has 2 aromatic rings. The van der Waals surface area contributed by atoms with E-state index in [-0.39, 0.29) is 4.83 Å². The van der Waals surface area contributed by atoms with E-state index in [1.54, 1.807) is 7.11 Å². The summed E-state index contributed by atoms with van der Waals surface area (Å²) in [6.07, 6.45) is 0. The van der Waals surface area contributed by atoms with Crippen molar-refractivity contribution in [2.75, 3.05) is 7.11 Å². The second-order valence-electron chi connectivity index (χ2n) is 5.06. The monoisotopic (exact) mass is 396 g/mol. The maximum Gasteiger partial charge on any atom is 0.124 e. The topological polar surface area (TPSA) is 9.23 Å².